The number of oxazole rings is 1. The van der Waals surface area contributed by atoms with Gasteiger partial charge in [-0.2, -0.15) is 0 Å². The van der Waals surface area contributed by atoms with Gasteiger partial charge in [0.05, 0.1) is 11.5 Å². The van der Waals surface area contributed by atoms with Crippen LogP contribution >= 0.6 is 11.6 Å². The summed E-state index contributed by atoms with van der Waals surface area (Å²) in [6.07, 6.45) is 4.45. The van der Waals surface area contributed by atoms with Gasteiger partial charge in [0, 0.05) is 22.9 Å². The average molecular weight is 411 g/mol. The van der Waals surface area contributed by atoms with Gasteiger partial charge in [0.25, 0.3) is 0 Å². The Labute approximate surface area is 163 Å². The van der Waals surface area contributed by atoms with Gasteiger partial charge in [-0.15, -0.1) is 0 Å². The smallest absolute Gasteiger partial charge is 0.223 e. The molecular formula is C19H23ClN2O4S. The lowest BCUT2D eigenvalue weighted by Crippen LogP contribution is -2.42. The normalized spacial score (nSPS) is 26.1. The second-order valence-corrected chi connectivity index (χ2v) is 10.4. The third-order valence-corrected chi connectivity index (χ3v) is 7.66. The lowest BCUT2D eigenvalue weighted by atomic mass is 9.85. The number of hydrogen-bond donors (Lipinski definition) is 1. The molecule has 2 aromatic rings. The van der Waals surface area contributed by atoms with E-state index in [1.165, 1.54) is 0 Å². The highest BCUT2D eigenvalue weighted by Gasteiger charge is 2.31. The molecule has 1 saturated carbocycles. The molecule has 4 rings (SSSR count). The largest absolute Gasteiger partial charge is 0.440 e. The fourth-order valence-electron chi connectivity index (χ4n) is 4.05. The van der Waals surface area contributed by atoms with Crippen LogP contribution in [0, 0.1) is 5.92 Å². The summed E-state index contributed by atoms with van der Waals surface area (Å²) in [5.74, 6) is 1.08. The van der Waals surface area contributed by atoms with Crippen LogP contribution in [0.15, 0.2) is 22.6 Å². The van der Waals surface area contributed by atoms with Gasteiger partial charge < -0.3 is 9.73 Å². The van der Waals surface area contributed by atoms with Crippen molar-refractivity contribution in [3.8, 4) is 0 Å². The van der Waals surface area contributed by atoms with Gasteiger partial charge in [-0.05, 0) is 56.7 Å². The van der Waals surface area contributed by atoms with Crippen molar-refractivity contribution in [2.24, 2.45) is 5.92 Å². The van der Waals surface area contributed by atoms with Gasteiger partial charge >= 0.3 is 0 Å². The molecule has 1 aliphatic heterocycles. The highest BCUT2D eigenvalue weighted by molar-refractivity contribution is 7.91. The third kappa shape index (κ3) is 4.29. The first-order valence-electron chi connectivity index (χ1n) is 9.46. The number of fused-ring (bicyclic) bond motifs is 1. The Morgan fingerprint density at radius 2 is 1.81 bits per heavy atom. The van der Waals surface area contributed by atoms with Crippen molar-refractivity contribution in [2.75, 3.05) is 11.5 Å². The van der Waals surface area contributed by atoms with Crippen LogP contribution in [0.25, 0.3) is 11.1 Å². The Bertz CT molecular complexity index is 934. The van der Waals surface area contributed by atoms with Crippen molar-refractivity contribution in [3.05, 3.63) is 29.1 Å². The Hall–Kier alpha value is -1.60. The molecule has 146 valence electrons. The summed E-state index contributed by atoms with van der Waals surface area (Å²) >= 11 is 6.01. The molecule has 0 unspecified atom stereocenters. The summed E-state index contributed by atoms with van der Waals surface area (Å²) in [5.41, 5.74) is 1.53. The predicted molar refractivity (Wildman–Crippen MR) is 104 cm³/mol. The summed E-state index contributed by atoms with van der Waals surface area (Å²) in [6.45, 7) is 0. The minimum atomic E-state index is -2.94. The molecule has 1 aromatic heterocycles. The van der Waals surface area contributed by atoms with Gasteiger partial charge in [0.1, 0.15) is 15.4 Å². The van der Waals surface area contributed by atoms with Crippen molar-refractivity contribution < 1.29 is 17.6 Å². The number of sulfone groups is 1. The quantitative estimate of drug-likeness (QED) is 0.836. The van der Waals surface area contributed by atoms with Gasteiger partial charge in [0.15, 0.2) is 11.5 Å². The number of halogens is 1. The molecule has 1 saturated heterocycles. The molecule has 1 N–H and O–H groups in total. The van der Waals surface area contributed by atoms with Crippen molar-refractivity contribution in [3.63, 3.8) is 0 Å². The average Bonchev–Trinajstić information content (AvgIpc) is 3.05. The van der Waals surface area contributed by atoms with Gasteiger partial charge in [-0.3, -0.25) is 4.79 Å². The maximum Gasteiger partial charge on any atom is 0.223 e. The standard InChI is InChI=1S/C19H23ClN2O4S/c20-14-3-6-17-16(11-14)22-19(26-17)13-1-4-15(5-2-13)21-18(23)12-7-9-27(24,25)10-8-12/h3,6,11-13,15H,1-2,4-5,7-10H2,(H,21,23). The molecule has 2 heterocycles. The monoisotopic (exact) mass is 410 g/mol. The maximum atomic E-state index is 12.4. The molecule has 0 spiro atoms. The molecule has 0 atom stereocenters. The minimum absolute atomic E-state index is 0.00449. The Morgan fingerprint density at radius 1 is 1.11 bits per heavy atom. The van der Waals surface area contributed by atoms with Crippen LogP contribution in [-0.4, -0.2) is 36.9 Å². The van der Waals surface area contributed by atoms with Crippen molar-refractivity contribution >= 4 is 38.4 Å². The fourth-order valence-corrected chi connectivity index (χ4v) is 5.71. The van der Waals surface area contributed by atoms with E-state index in [1.807, 2.05) is 6.07 Å². The first-order chi connectivity index (χ1) is 12.9. The molecule has 1 amide bonds. The van der Waals surface area contributed by atoms with Gasteiger partial charge in [0.2, 0.25) is 5.91 Å². The zero-order chi connectivity index (χ0) is 19.0. The van der Waals surface area contributed by atoms with Crippen LogP contribution in [0.3, 0.4) is 0 Å². The van der Waals surface area contributed by atoms with E-state index in [1.54, 1.807) is 12.1 Å². The summed E-state index contributed by atoms with van der Waals surface area (Å²) in [5, 5.41) is 3.76. The Kier molecular flexibility index (Phi) is 5.16. The first kappa shape index (κ1) is 18.7. The number of carbonyl (C=O) groups excluding carboxylic acids is 1. The minimum Gasteiger partial charge on any atom is -0.440 e. The number of hydrogen-bond acceptors (Lipinski definition) is 5. The van der Waals surface area contributed by atoms with E-state index in [4.69, 9.17) is 16.0 Å². The molecule has 8 heteroatoms. The molecule has 2 fully saturated rings. The third-order valence-electron chi connectivity index (χ3n) is 5.71. The molecule has 6 nitrogen and oxygen atoms in total. The van der Waals surface area contributed by atoms with Gasteiger partial charge in [-0.25, -0.2) is 13.4 Å². The van der Waals surface area contributed by atoms with Crippen LogP contribution in [0.2, 0.25) is 5.02 Å². The topological polar surface area (TPSA) is 89.3 Å². The van der Waals surface area contributed by atoms with Crippen LogP contribution < -0.4 is 5.32 Å². The van der Waals surface area contributed by atoms with E-state index < -0.39 is 9.84 Å². The number of carbonyl (C=O) groups is 1. The zero-order valence-electron chi connectivity index (χ0n) is 15.0. The number of rotatable bonds is 3. The van der Waals surface area contributed by atoms with Crippen molar-refractivity contribution in [1.82, 2.24) is 10.3 Å². The number of benzene rings is 1. The molecular weight excluding hydrogens is 388 g/mol. The second-order valence-electron chi connectivity index (χ2n) is 7.65. The van der Waals surface area contributed by atoms with E-state index in [0.717, 1.165) is 42.7 Å². The summed E-state index contributed by atoms with van der Waals surface area (Å²) in [6, 6.07) is 5.58. The van der Waals surface area contributed by atoms with Crippen LogP contribution in [-0.2, 0) is 14.6 Å². The first-order valence-corrected chi connectivity index (χ1v) is 11.7. The molecule has 1 aromatic carbocycles. The van der Waals surface area contributed by atoms with E-state index >= 15 is 0 Å². The molecule has 2 aliphatic rings. The highest BCUT2D eigenvalue weighted by Crippen LogP contribution is 2.34. The number of nitrogens with one attached hydrogen (secondary N) is 1. The lowest BCUT2D eigenvalue weighted by Gasteiger charge is -2.29. The molecule has 1 aliphatic carbocycles. The number of aromatic nitrogens is 1. The fraction of sp³-hybridized carbons (Fsp3) is 0.579. The van der Waals surface area contributed by atoms with E-state index in [0.29, 0.717) is 17.9 Å². The second kappa shape index (κ2) is 7.43. The summed E-state index contributed by atoms with van der Waals surface area (Å²) in [7, 11) is -2.94. The van der Waals surface area contributed by atoms with Crippen LogP contribution in [0.1, 0.15) is 50.3 Å². The van der Waals surface area contributed by atoms with Gasteiger partial charge in [-0.1, -0.05) is 11.6 Å². The Morgan fingerprint density at radius 3 is 2.52 bits per heavy atom. The van der Waals surface area contributed by atoms with Crippen LogP contribution in [0.4, 0.5) is 0 Å². The van der Waals surface area contributed by atoms with E-state index in [2.05, 4.69) is 10.3 Å². The van der Waals surface area contributed by atoms with Crippen molar-refractivity contribution in [1.29, 1.82) is 0 Å². The van der Waals surface area contributed by atoms with E-state index in [-0.39, 0.29) is 35.3 Å². The Balaban J connectivity index is 1.31. The van der Waals surface area contributed by atoms with Crippen LogP contribution in [0.5, 0.6) is 0 Å². The predicted octanol–water partition coefficient (Wildman–Crippen LogP) is 3.45. The molecule has 0 bridgehead atoms. The molecule has 0 radical (unpaired) electrons. The number of nitrogens with zero attached hydrogens (tertiary/aromatic N) is 1. The highest BCUT2D eigenvalue weighted by atomic mass is 35.5. The zero-order valence-corrected chi connectivity index (χ0v) is 16.6. The number of amides is 1. The summed E-state index contributed by atoms with van der Waals surface area (Å²) < 4.78 is 28.9. The maximum absolute atomic E-state index is 12.4. The summed E-state index contributed by atoms with van der Waals surface area (Å²) in [4.78, 5) is 17.0. The SMILES string of the molecule is O=C(NC1CCC(c2nc3cc(Cl)ccc3o2)CC1)C1CCS(=O)(=O)CC1. The van der Waals surface area contributed by atoms with Crippen molar-refractivity contribution in [2.45, 2.75) is 50.5 Å². The molecule has 27 heavy (non-hydrogen) atoms. The lowest BCUT2D eigenvalue weighted by molar-refractivity contribution is -0.126. The van der Waals surface area contributed by atoms with E-state index in [9.17, 15) is 13.2 Å².